The number of rotatable bonds is 2. The van der Waals surface area contributed by atoms with Crippen LogP contribution in [-0.2, 0) is 4.79 Å². The predicted molar refractivity (Wildman–Crippen MR) is 70.5 cm³/mol. The van der Waals surface area contributed by atoms with Gasteiger partial charge in [-0.05, 0) is 25.0 Å². The van der Waals surface area contributed by atoms with Crippen molar-refractivity contribution < 1.29 is 9.90 Å². The second kappa shape index (κ2) is 5.10. The Morgan fingerprint density at radius 3 is 2.88 bits per heavy atom. The van der Waals surface area contributed by atoms with Crippen LogP contribution in [0.25, 0.3) is 0 Å². The Morgan fingerprint density at radius 1 is 1.41 bits per heavy atom. The van der Waals surface area contributed by atoms with Crippen molar-refractivity contribution in [2.75, 3.05) is 11.5 Å². The minimum Gasteiger partial charge on any atom is -0.480 e. The number of aliphatic carboxylic acids is 1. The molecule has 2 N–H and O–H groups in total. The van der Waals surface area contributed by atoms with Crippen LogP contribution in [0, 0.1) is 13.8 Å². The molecular weight excluding hydrogens is 234 g/mol. The highest BCUT2D eigenvalue weighted by Crippen LogP contribution is 2.27. The molecule has 1 aliphatic heterocycles. The first-order chi connectivity index (χ1) is 8.08. The molecule has 1 saturated heterocycles. The average Bonchev–Trinajstić information content (AvgIpc) is 2.32. The normalized spacial score (nSPS) is 24.6. The second-order valence-electron chi connectivity index (χ2n) is 4.51. The van der Waals surface area contributed by atoms with Crippen LogP contribution in [0.15, 0.2) is 18.2 Å². The van der Waals surface area contributed by atoms with Gasteiger partial charge in [0.25, 0.3) is 0 Å². The van der Waals surface area contributed by atoms with Crippen LogP contribution in [0.4, 0.5) is 0 Å². The Hall–Kier alpha value is -1.00. The lowest BCUT2D eigenvalue weighted by Gasteiger charge is -2.29. The number of carboxylic acid groups (broad SMARTS) is 1. The summed E-state index contributed by atoms with van der Waals surface area (Å²) in [6.45, 7) is 4.14. The van der Waals surface area contributed by atoms with Crippen LogP contribution in [0.1, 0.15) is 22.7 Å². The standard InChI is InChI=1S/C13H17NO2S/c1-8-3-4-9(2)10(5-8)11-6-17-7-12(14-11)13(15)16/h3-5,11-12,14H,6-7H2,1-2H3,(H,15,16). The van der Waals surface area contributed by atoms with Crippen molar-refractivity contribution >= 4 is 17.7 Å². The van der Waals surface area contributed by atoms with E-state index in [4.69, 9.17) is 5.11 Å². The lowest BCUT2D eigenvalue weighted by molar-refractivity contribution is -0.139. The van der Waals surface area contributed by atoms with E-state index in [9.17, 15) is 4.79 Å². The van der Waals surface area contributed by atoms with Crippen molar-refractivity contribution in [2.45, 2.75) is 25.9 Å². The Kier molecular flexibility index (Phi) is 3.74. The van der Waals surface area contributed by atoms with Gasteiger partial charge in [-0.25, -0.2) is 0 Å². The van der Waals surface area contributed by atoms with Gasteiger partial charge in [0.1, 0.15) is 6.04 Å². The minimum absolute atomic E-state index is 0.148. The van der Waals surface area contributed by atoms with Crippen LogP contribution >= 0.6 is 11.8 Å². The first-order valence-electron chi connectivity index (χ1n) is 5.71. The third-order valence-electron chi connectivity index (χ3n) is 3.08. The molecule has 2 unspecified atom stereocenters. The van der Waals surface area contributed by atoms with Crippen molar-refractivity contribution in [1.29, 1.82) is 0 Å². The van der Waals surface area contributed by atoms with Gasteiger partial charge in [0.15, 0.2) is 0 Å². The van der Waals surface area contributed by atoms with Crippen molar-refractivity contribution in [3.63, 3.8) is 0 Å². The largest absolute Gasteiger partial charge is 0.480 e. The van der Waals surface area contributed by atoms with Gasteiger partial charge < -0.3 is 5.11 Å². The molecule has 17 heavy (non-hydrogen) atoms. The van der Waals surface area contributed by atoms with Gasteiger partial charge in [-0.2, -0.15) is 11.8 Å². The zero-order valence-corrected chi connectivity index (χ0v) is 10.9. The summed E-state index contributed by atoms with van der Waals surface area (Å²) in [6, 6.07) is 6.05. The number of carbonyl (C=O) groups is 1. The van der Waals surface area contributed by atoms with Gasteiger partial charge in [-0.3, -0.25) is 10.1 Å². The smallest absolute Gasteiger partial charge is 0.321 e. The van der Waals surface area contributed by atoms with E-state index in [1.165, 1.54) is 16.7 Å². The quantitative estimate of drug-likeness (QED) is 0.845. The summed E-state index contributed by atoms with van der Waals surface area (Å²) in [7, 11) is 0. The molecule has 92 valence electrons. The van der Waals surface area contributed by atoms with Crippen LogP contribution in [0.5, 0.6) is 0 Å². The van der Waals surface area contributed by atoms with Crippen molar-refractivity contribution in [1.82, 2.24) is 5.32 Å². The molecule has 0 saturated carbocycles. The molecule has 2 rings (SSSR count). The lowest BCUT2D eigenvalue weighted by atomic mass is 9.99. The maximum atomic E-state index is 11.0. The molecule has 1 aliphatic rings. The number of thioether (sulfide) groups is 1. The fraction of sp³-hybridized carbons (Fsp3) is 0.462. The van der Waals surface area contributed by atoms with Crippen LogP contribution in [-0.4, -0.2) is 28.6 Å². The topological polar surface area (TPSA) is 49.3 Å². The summed E-state index contributed by atoms with van der Waals surface area (Å²) in [6.07, 6.45) is 0. The Morgan fingerprint density at radius 2 is 2.18 bits per heavy atom. The molecule has 0 amide bonds. The Labute approximate surface area is 106 Å². The molecule has 0 spiro atoms. The molecule has 2 atom stereocenters. The van der Waals surface area contributed by atoms with Gasteiger partial charge in [0.05, 0.1) is 0 Å². The number of benzene rings is 1. The van der Waals surface area contributed by atoms with Crippen molar-refractivity contribution in [3.05, 3.63) is 34.9 Å². The highest BCUT2D eigenvalue weighted by molar-refractivity contribution is 7.99. The van der Waals surface area contributed by atoms with E-state index in [1.54, 1.807) is 11.8 Å². The predicted octanol–water partition coefficient (Wildman–Crippen LogP) is 2.13. The van der Waals surface area contributed by atoms with Crippen LogP contribution in [0.3, 0.4) is 0 Å². The molecule has 4 heteroatoms. The maximum Gasteiger partial charge on any atom is 0.321 e. The monoisotopic (exact) mass is 251 g/mol. The number of aryl methyl sites for hydroxylation is 2. The van der Waals surface area contributed by atoms with Gasteiger partial charge in [-0.1, -0.05) is 23.8 Å². The molecule has 0 radical (unpaired) electrons. The first-order valence-corrected chi connectivity index (χ1v) is 6.87. The van der Waals surface area contributed by atoms with E-state index in [2.05, 4.69) is 37.4 Å². The van der Waals surface area contributed by atoms with Gasteiger partial charge >= 0.3 is 5.97 Å². The zero-order valence-electron chi connectivity index (χ0n) is 10.1. The summed E-state index contributed by atoms with van der Waals surface area (Å²) in [5.74, 6) is 0.831. The van der Waals surface area contributed by atoms with E-state index < -0.39 is 12.0 Å². The third-order valence-corrected chi connectivity index (χ3v) is 4.22. The van der Waals surface area contributed by atoms with Crippen molar-refractivity contribution in [3.8, 4) is 0 Å². The van der Waals surface area contributed by atoms with E-state index in [-0.39, 0.29) is 6.04 Å². The van der Waals surface area contributed by atoms with E-state index in [0.717, 1.165) is 5.75 Å². The van der Waals surface area contributed by atoms with Gasteiger partial charge in [0.2, 0.25) is 0 Å². The van der Waals surface area contributed by atoms with Crippen LogP contribution in [0.2, 0.25) is 0 Å². The summed E-state index contributed by atoms with van der Waals surface area (Å²) < 4.78 is 0. The van der Waals surface area contributed by atoms with E-state index in [1.807, 2.05) is 0 Å². The zero-order chi connectivity index (χ0) is 12.4. The Balaban J connectivity index is 2.21. The number of carboxylic acids is 1. The fourth-order valence-electron chi connectivity index (χ4n) is 2.10. The summed E-state index contributed by atoms with van der Waals surface area (Å²) in [4.78, 5) is 11.0. The molecule has 0 bridgehead atoms. The number of hydrogen-bond donors (Lipinski definition) is 2. The van der Waals surface area contributed by atoms with Gasteiger partial charge in [-0.15, -0.1) is 0 Å². The second-order valence-corrected chi connectivity index (χ2v) is 5.58. The van der Waals surface area contributed by atoms with Crippen molar-refractivity contribution in [2.24, 2.45) is 0 Å². The SMILES string of the molecule is Cc1ccc(C)c(C2CSCC(C(=O)O)N2)c1. The summed E-state index contributed by atoms with van der Waals surface area (Å²) in [5.41, 5.74) is 3.66. The minimum atomic E-state index is -0.757. The molecule has 1 aromatic rings. The fourth-order valence-corrected chi connectivity index (χ4v) is 3.22. The summed E-state index contributed by atoms with van der Waals surface area (Å²) >= 11 is 1.71. The lowest BCUT2D eigenvalue weighted by Crippen LogP contribution is -2.45. The maximum absolute atomic E-state index is 11.0. The third kappa shape index (κ3) is 2.82. The van der Waals surface area contributed by atoms with E-state index >= 15 is 0 Å². The Bertz CT molecular complexity index is 433. The number of nitrogens with one attached hydrogen (secondary N) is 1. The molecule has 0 aromatic heterocycles. The highest BCUT2D eigenvalue weighted by Gasteiger charge is 2.27. The average molecular weight is 251 g/mol. The molecule has 1 fully saturated rings. The molecule has 0 aliphatic carbocycles. The molecular formula is C13H17NO2S. The van der Waals surface area contributed by atoms with Gasteiger partial charge in [0, 0.05) is 17.5 Å². The first kappa shape index (κ1) is 12.5. The van der Waals surface area contributed by atoms with E-state index in [0.29, 0.717) is 5.75 Å². The molecule has 1 aromatic carbocycles. The summed E-state index contributed by atoms with van der Waals surface area (Å²) in [5, 5.41) is 12.3. The molecule has 1 heterocycles. The van der Waals surface area contributed by atoms with Crippen LogP contribution < -0.4 is 5.32 Å². The highest BCUT2D eigenvalue weighted by atomic mass is 32.2. The number of hydrogen-bond acceptors (Lipinski definition) is 3. The molecule has 3 nitrogen and oxygen atoms in total.